The molecule has 0 radical (unpaired) electrons. The Bertz CT molecular complexity index is 785. The SMILES string of the molecule is COC(=O)c1ccccc1Nc1cc(C(=O)NC2CCCCC2)ccn1. The van der Waals surface area contributed by atoms with Crippen LogP contribution in [0.1, 0.15) is 52.8 Å². The van der Waals surface area contributed by atoms with E-state index in [1.54, 1.807) is 36.5 Å². The van der Waals surface area contributed by atoms with Gasteiger partial charge < -0.3 is 15.4 Å². The maximum atomic E-state index is 12.5. The third-order valence-corrected chi connectivity index (χ3v) is 4.56. The minimum absolute atomic E-state index is 0.0939. The van der Waals surface area contributed by atoms with E-state index in [0.29, 0.717) is 22.6 Å². The predicted molar refractivity (Wildman–Crippen MR) is 99.6 cm³/mol. The van der Waals surface area contributed by atoms with Crippen LogP contribution in [0.5, 0.6) is 0 Å². The summed E-state index contributed by atoms with van der Waals surface area (Å²) < 4.78 is 4.80. The van der Waals surface area contributed by atoms with Crippen LogP contribution < -0.4 is 10.6 Å². The molecule has 0 unspecified atom stereocenters. The van der Waals surface area contributed by atoms with Crippen LogP contribution in [0, 0.1) is 0 Å². The van der Waals surface area contributed by atoms with E-state index in [0.717, 1.165) is 12.8 Å². The molecule has 2 N–H and O–H groups in total. The summed E-state index contributed by atoms with van der Waals surface area (Å²) in [6.07, 6.45) is 7.23. The number of aromatic nitrogens is 1. The van der Waals surface area contributed by atoms with Crippen molar-refractivity contribution in [1.29, 1.82) is 0 Å². The van der Waals surface area contributed by atoms with Gasteiger partial charge in [0.1, 0.15) is 5.82 Å². The van der Waals surface area contributed by atoms with E-state index in [-0.39, 0.29) is 11.9 Å². The first-order valence-electron chi connectivity index (χ1n) is 8.88. The summed E-state index contributed by atoms with van der Waals surface area (Å²) in [5.41, 5.74) is 1.54. The van der Waals surface area contributed by atoms with Crippen LogP contribution in [-0.2, 0) is 4.74 Å². The average molecular weight is 353 g/mol. The molecule has 0 atom stereocenters. The van der Waals surface area contributed by atoms with E-state index in [9.17, 15) is 9.59 Å². The lowest BCUT2D eigenvalue weighted by molar-refractivity contribution is 0.0601. The topological polar surface area (TPSA) is 80.3 Å². The Kier molecular flexibility index (Phi) is 5.84. The molecule has 0 spiro atoms. The van der Waals surface area contributed by atoms with Gasteiger partial charge in [-0.05, 0) is 37.1 Å². The highest BCUT2D eigenvalue weighted by molar-refractivity contribution is 5.97. The summed E-state index contributed by atoms with van der Waals surface area (Å²) in [6, 6.07) is 10.6. The van der Waals surface area contributed by atoms with Gasteiger partial charge in [-0.15, -0.1) is 0 Å². The number of amides is 1. The monoisotopic (exact) mass is 353 g/mol. The van der Waals surface area contributed by atoms with Crippen molar-refractivity contribution in [3.05, 3.63) is 53.7 Å². The number of nitrogens with one attached hydrogen (secondary N) is 2. The van der Waals surface area contributed by atoms with E-state index in [1.165, 1.54) is 26.4 Å². The van der Waals surface area contributed by atoms with Crippen LogP contribution in [-0.4, -0.2) is 30.0 Å². The van der Waals surface area contributed by atoms with Crippen molar-refractivity contribution >= 4 is 23.4 Å². The Morgan fingerprint density at radius 3 is 2.65 bits per heavy atom. The highest BCUT2D eigenvalue weighted by atomic mass is 16.5. The first kappa shape index (κ1) is 17.9. The Hall–Kier alpha value is -2.89. The lowest BCUT2D eigenvalue weighted by atomic mass is 9.95. The number of hydrogen-bond acceptors (Lipinski definition) is 5. The number of benzene rings is 1. The maximum absolute atomic E-state index is 12.5. The molecule has 1 fully saturated rings. The van der Waals surface area contributed by atoms with Gasteiger partial charge in [0.05, 0.1) is 18.4 Å². The number of methoxy groups -OCH3 is 1. The van der Waals surface area contributed by atoms with Gasteiger partial charge in [0.15, 0.2) is 0 Å². The largest absolute Gasteiger partial charge is 0.465 e. The fourth-order valence-electron chi connectivity index (χ4n) is 3.17. The quantitative estimate of drug-likeness (QED) is 0.802. The van der Waals surface area contributed by atoms with Crippen molar-refractivity contribution in [2.75, 3.05) is 12.4 Å². The van der Waals surface area contributed by atoms with Crippen LogP contribution in [0.25, 0.3) is 0 Å². The van der Waals surface area contributed by atoms with Gasteiger partial charge in [-0.25, -0.2) is 9.78 Å². The Balaban J connectivity index is 1.73. The van der Waals surface area contributed by atoms with Crippen LogP contribution >= 0.6 is 0 Å². The number of carbonyl (C=O) groups is 2. The molecule has 1 saturated carbocycles. The maximum Gasteiger partial charge on any atom is 0.339 e. The zero-order chi connectivity index (χ0) is 18.4. The van der Waals surface area contributed by atoms with Gasteiger partial charge in [-0.3, -0.25) is 4.79 Å². The molecule has 6 heteroatoms. The number of nitrogens with zero attached hydrogens (tertiary/aromatic N) is 1. The smallest absolute Gasteiger partial charge is 0.339 e. The first-order valence-corrected chi connectivity index (χ1v) is 8.88. The zero-order valence-corrected chi connectivity index (χ0v) is 14.8. The van der Waals surface area contributed by atoms with Gasteiger partial charge in [0.25, 0.3) is 5.91 Å². The van der Waals surface area contributed by atoms with Gasteiger partial charge in [-0.2, -0.15) is 0 Å². The summed E-state index contributed by atoms with van der Waals surface area (Å²) in [5, 5.41) is 6.19. The van der Waals surface area contributed by atoms with Crippen molar-refractivity contribution in [2.45, 2.75) is 38.1 Å². The lowest BCUT2D eigenvalue weighted by Crippen LogP contribution is -2.36. The lowest BCUT2D eigenvalue weighted by Gasteiger charge is -2.22. The molecule has 1 aliphatic carbocycles. The molecular weight excluding hydrogens is 330 g/mol. The molecule has 1 aromatic heterocycles. The van der Waals surface area contributed by atoms with Gasteiger partial charge in [-0.1, -0.05) is 31.4 Å². The van der Waals surface area contributed by atoms with E-state index < -0.39 is 5.97 Å². The molecule has 1 aliphatic rings. The number of carbonyl (C=O) groups excluding carboxylic acids is 2. The molecule has 1 amide bonds. The second-order valence-electron chi connectivity index (χ2n) is 6.40. The predicted octanol–water partition coefficient (Wildman–Crippen LogP) is 3.67. The zero-order valence-electron chi connectivity index (χ0n) is 14.8. The van der Waals surface area contributed by atoms with E-state index in [1.807, 2.05) is 6.07 Å². The minimum atomic E-state index is -0.431. The van der Waals surface area contributed by atoms with Crippen LogP contribution in [0.4, 0.5) is 11.5 Å². The molecule has 1 aromatic carbocycles. The molecule has 0 saturated heterocycles. The molecule has 0 bridgehead atoms. The molecule has 26 heavy (non-hydrogen) atoms. The van der Waals surface area contributed by atoms with Crippen molar-refractivity contribution < 1.29 is 14.3 Å². The third kappa shape index (κ3) is 4.39. The first-order chi connectivity index (χ1) is 12.7. The Morgan fingerprint density at radius 1 is 1.12 bits per heavy atom. The summed E-state index contributed by atoms with van der Waals surface area (Å²) in [4.78, 5) is 28.6. The number of hydrogen-bond donors (Lipinski definition) is 2. The molecule has 1 heterocycles. The summed E-state index contributed by atoms with van der Waals surface area (Å²) in [6.45, 7) is 0. The second-order valence-corrected chi connectivity index (χ2v) is 6.40. The van der Waals surface area contributed by atoms with E-state index in [2.05, 4.69) is 15.6 Å². The van der Waals surface area contributed by atoms with Gasteiger partial charge in [0, 0.05) is 17.8 Å². The molecule has 136 valence electrons. The van der Waals surface area contributed by atoms with E-state index >= 15 is 0 Å². The number of pyridine rings is 1. The normalized spacial score (nSPS) is 14.5. The summed E-state index contributed by atoms with van der Waals surface area (Å²) in [5.74, 6) is -0.0273. The van der Waals surface area contributed by atoms with Gasteiger partial charge in [0.2, 0.25) is 0 Å². The fourth-order valence-corrected chi connectivity index (χ4v) is 3.17. The van der Waals surface area contributed by atoms with Crippen molar-refractivity contribution in [1.82, 2.24) is 10.3 Å². The Labute approximate surface area is 153 Å². The van der Waals surface area contributed by atoms with Gasteiger partial charge >= 0.3 is 5.97 Å². The second kappa shape index (κ2) is 8.47. The van der Waals surface area contributed by atoms with Crippen molar-refractivity contribution in [3.63, 3.8) is 0 Å². The number of para-hydroxylation sites is 1. The fraction of sp³-hybridized carbons (Fsp3) is 0.350. The van der Waals surface area contributed by atoms with Crippen LogP contribution in [0.3, 0.4) is 0 Å². The third-order valence-electron chi connectivity index (χ3n) is 4.56. The standard InChI is InChI=1S/C20H23N3O3/c1-26-20(25)16-9-5-6-10-17(16)23-18-13-14(11-12-21-18)19(24)22-15-7-3-2-4-8-15/h5-6,9-13,15H,2-4,7-8H2,1H3,(H,21,23)(H,22,24). The highest BCUT2D eigenvalue weighted by Crippen LogP contribution is 2.21. The average Bonchev–Trinajstić information content (AvgIpc) is 2.69. The van der Waals surface area contributed by atoms with E-state index in [4.69, 9.17) is 4.74 Å². The van der Waals surface area contributed by atoms with Crippen LogP contribution in [0.2, 0.25) is 0 Å². The summed E-state index contributed by atoms with van der Waals surface area (Å²) >= 11 is 0. The summed E-state index contributed by atoms with van der Waals surface area (Å²) in [7, 11) is 1.34. The minimum Gasteiger partial charge on any atom is -0.465 e. The molecule has 2 aromatic rings. The number of anilines is 2. The van der Waals surface area contributed by atoms with Crippen molar-refractivity contribution in [2.24, 2.45) is 0 Å². The molecule has 3 rings (SSSR count). The highest BCUT2D eigenvalue weighted by Gasteiger charge is 2.17. The molecule has 6 nitrogen and oxygen atoms in total. The van der Waals surface area contributed by atoms with Crippen LogP contribution in [0.15, 0.2) is 42.6 Å². The molecule has 0 aliphatic heterocycles. The number of esters is 1. The number of rotatable bonds is 5. The van der Waals surface area contributed by atoms with Crippen molar-refractivity contribution in [3.8, 4) is 0 Å². The number of ether oxygens (including phenoxy) is 1. The Morgan fingerprint density at radius 2 is 1.88 bits per heavy atom. The molecular formula is C20H23N3O3.